The summed E-state index contributed by atoms with van der Waals surface area (Å²) in [6, 6.07) is 6.82. The van der Waals surface area contributed by atoms with Gasteiger partial charge in [0.15, 0.2) is 0 Å². The third-order valence-corrected chi connectivity index (χ3v) is 2.25. The summed E-state index contributed by atoms with van der Waals surface area (Å²) in [5.41, 5.74) is 1.10. The van der Waals surface area contributed by atoms with E-state index >= 15 is 0 Å². The molecule has 0 unspecified atom stereocenters. The summed E-state index contributed by atoms with van der Waals surface area (Å²) in [6.07, 6.45) is 0.849. The Labute approximate surface area is 90.7 Å². The second kappa shape index (κ2) is 6.21. The minimum absolute atomic E-state index is 0.192. The van der Waals surface area contributed by atoms with Gasteiger partial charge in [0.05, 0.1) is 0 Å². The number of hydrogen-bond donors (Lipinski definition) is 1. The molecule has 1 nitrogen and oxygen atoms in total. The van der Waals surface area contributed by atoms with E-state index in [1.54, 1.807) is 12.1 Å². The topological polar surface area (TPSA) is 12.0 Å². The van der Waals surface area contributed by atoms with Crippen LogP contribution in [0.3, 0.4) is 0 Å². The zero-order chi connectivity index (χ0) is 11.1. The molecule has 0 spiro atoms. The molecule has 0 saturated carbocycles. The number of benzene rings is 1. The largest absolute Gasteiger partial charge is 0.309 e. The van der Waals surface area contributed by atoms with Crippen LogP contribution in [-0.4, -0.2) is 6.54 Å². The van der Waals surface area contributed by atoms with Crippen LogP contribution in [-0.2, 0) is 0 Å². The summed E-state index contributed by atoms with van der Waals surface area (Å²) in [6.45, 7) is 4.76. The van der Waals surface area contributed by atoms with Gasteiger partial charge in [0, 0.05) is 19.0 Å². The van der Waals surface area contributed by atoms with Crippen LogP contribution in [0.1, 0.15) is 31.9 Å². The molecule has 0 amide bonds. The summed E-state index contributed by atoms with van der Waals surface area (Å²) in [5.74, 6) is 5.65. The van der Waals surface area contributed by atoms with Crippen LogP contribution in [0, 0.1) is 17.7 Å². The summed E-state index contributed by atoms with van der Waals surface area (Å²) in [7, 11) is 0. The van der Waals surface area contributed by atoms with Crippen LogP contribution in [0.5, 0.6) is 0 Å². The van der Waals surface area contributed by atoms with Gasteiger partial charge in [-0.3, -0.25) is 0 Å². The quantitative estimate of drug-likeness (QED) is 0.588. The molecule has 80 valence electrons. The molecule has 1 N–H and O–H groups in total. The highest BCUT2D eigenvalue weighted by molar-refractivity contribution is 5.19. The van der Waals surface area contributed by atoms with Crippen LogP contribution in [0.25, 0.3) is 0 Å². The van der Waals surface area contributed by atoms with E-state index in [2.05, 4.69) is 24.1 Å². The van der Waals surface area contributed by atoms with Crippen molar-refractivity contribution < 1.29 is 4.39 Å². The summed E-state index contributed by atoms with van der Waals surface area (Å²) in [4.78, 5) is 0. The van der Waals surface area contributed by atoms with Crippen molar-refractivity contribution in [2.24, 2.45) is 0 Å². The van der Waals surface area contributed by atoms with Crippen molar-refractivity contribution in [2.75, 3.05) is 6.54 Å². The second-order valence-electron chi connectivity index (χ2n) is 3.40. The fraction of sp³-hybridized carbons (Fsp3) is 0.385. The maximum atomic E-state index is 12.7. The summed E-state index contributed by atoms with van der Waals surface area (Å²) in [5, 5.41) is 3.33. The predicted molar refractivity (Wildman–Crippen MR) is 60.9 cm³/mol. The minimum Gasteiger partial charge on any atom is -0.309 e. The van der Waals surface area contributed by atoms with Crippen molar-refractivity contribution in [3.05, 3.63) is 35.6 Å². The fourth-order valence-electron chi connectivity index (χ4n) is 1.35. The molecule has 1 atom stereocenters. The van der Waals surface area contributed by atoms with E-state index in [-0.39, 0.29) is 11.9 Å². The molecule has 15 heavy (non-hydrogen) atoms. The molecule has 0 aliphatic carbocycles. The number of hydrogen-bond acceptors (Lipinski definition) is 1. The first kappa shape index (κ1) is 11.7. The number of nitrogens with one attached hydrogen (secondary N) is 1. The maximum Gasteiger partial charge on any atom is 0.123 e. The Morgan fingerprint density at radius 3 is 2.60 bits per heavy atom. The lowest BCUT2D eigenvalue weighted by atomic mass is 10.1. The van der Waals surface area contributed by atoms with Crippen molar-refractivity contribution in [1.82, 2.24) is 5.32 Å². The molecule has 1 rings (SSSR count). The number of halogens is 1. The average molecular weight is 205 g/mol. The SMILES string of the molecule is CC#CCCN[C@@H](C)c1ccc(F)cc1. The fourth-order valence-corrected chi connectivity index (χ4v) is 1.35. The van der Waals surface area contributed by atoms with Gasteiger partial charge in [0.2, 0.25) is 0 Å². The molecule has 0 aliphatic heterocycles. The van der Waals surface area contributed by atoms with Crippen LogP contribution >= 0.6 is 0 Å². The standard InChI is InChI=1S/C13H16FN/c1-3-4-5-10-15-11(2)12-6-8-13(14)9-7-12/h6-9,11,15H,5,10H2,1-2H3/t11-/m0/s1. The Hall–Kier alpha value is -1.33. The Morgan fingerprint density at radius 1 is 1.33 bits per heavy atom. The number of rotatable bonds is 4. The molecule has 1 aromatic rings. The lowest BCUT2D eigenvalue weighted by molar-refractivity contribution is 0.580. The molecule has 0 bridgehead atoms. The monoisotopic (exact) mass is 205 g/mol. The Balaban J connectivity index is 2.41. The summed E-state index contributed by atoms with van der Waals surface area (Å²) >= 11 is 0. The molecule has 0 radical (unpaired) electrons. The second-order valence-corrected chi connectivity index (χ2v) is 3.40. The minimum atomic E-state index is -0.192. The lowest BCUT2D eigenvalue weighted by Gasteiger charge is -2.12. The molecular weight excluding hydrogens is 189 g/mol. The van der Waals surface area contributed by atoms with Gasteiger partial charge >= 0.3 is 0 Å². The van der Waals surface area contributed by atoms with Crippen molar-refractivity contribution in [3.63, 3.8) is 0 Å². The Bertz CT molecular complexity index is 345. The van der Waals surface area contributed by atoms with E-state index in [0.717, 1.165) is 18.5 Å². The van der Waals surface area contributed by atoms with Gasteiger partial charge in [-0.25, -0.2) is 4.39 Å². The van der Waals surface area contributed by atoms with Crippen LogP contribution in [0.4, 0.5) is 4.39 Å². The molecule has 0 aromatic heterocycles. The van der Waals surface area contributed by atoms with Gasteiger partial charge in [-0.05, 0) is 31.5 Å². The van der Waals surface area contributed by atoms with Gasteiger partial charge in [-0.1, -0.05) is 12.1 Å². The maximum absolute atomic E-state index is 12.7. The van der Waals surface area contributed by atoms with E-state index in [4.69, 9.17) is 0 Å². The molecule has 0 fully saturated rings. The Morgan fingerprint density at radius 2 is 2.00 bits per heavy atom. The van der Waals surface area contributed by atoms with Gasteiger partial charge in [0.25, 0.3) is 0 Å². The molecular formula is C13H16FN. The third kappa shape index (κ3) is 4.14. The summed E-state index contributed by atoms with van der Waals surface area (Å²) < 4.78 is 12.7. The Kier molecular flexibility index (Phi) is 4.86. The molecule has 2 heteroatoms. The van der Waals surface area contributed by atoms with Crippen LogP contribution in [0.15, 0.2) is 24.3 Å². The van der Waals surface area contributed by atoms with E-state index in [1.807, 2.05) is 6.92 Å². The van der Waals surface area contributed by atoms with Gasteiger partial charge in [0.1, 0.15) is 5.82 Å². The highest BCUT2D eigenvalue weighted by atomic mass is 19.1. The van der Waals surface area contributed by atoms with E-state index < -0.39 is 0 Å². The van der Waals surface area contributed by atoms with Crippen molar-refractivity contribution in [1.29, 1.82) is 0 Å². The highest BCUT2D eigenvalue weighted by Crippen LogP contribution is 2.12. The van der Waals surface area contributed by atoms with Crippen molar-refractivity contribution in [3.8, 4) is 11.8 Å². The van der Waals surface area contributed by atoms with Crippen molar-refractivity contribution in [2.45, 2.75) is 26.3 Å². The first-order valence-electron chi connectivity index (χ1n) is 5.12. The van der Waals surface area contributed by atoms with Crippen LogP contribution < -0.4 is 5.32 Å². The van der Waals surface area contributed by atoms with Gasteiger partial charge in [-0.15, -0.1) is 11.8 Å². The predicted octanol–water partition coefficient (Wildman–Crippen LogP) is 2.89. The van der Waals surface area contributed by atoms with E-state index in [0.29, 0.717) is 0 Å². The smallest absolute Gasteiger partial charge is 0.123 e. The zero-order valence-electron chi connectivity index (χ0n) is 9.18. The van der Waals surface area contributed by atoms with Crippen molar-refractivity contribution >= 4 is 0 Å². The van der Waals surface area contributed by atoms with Gasteiger partial charge < -0.3 is 5.32 Å². The third-order valence-electron chi connectivity index (χ3n) is 2.25. The first-order chi connectivity index (χ1) is 7.24. The molecule has 1 aromatic carbocycles. The lowest BCUT2D eigenvalue weighted by Crippen LogP contribution is -2.19. The zero-order valence-corrected chi connectivity index (χ0v) is 9.18. The van der Waals surface area contributed by atoms with E-state index in [9.17, 15) is 4.39 Å². The molecule has 0 aliphatic rings. The molecule has 0 heterocycles. The molecule has 0 saturated heterocycles. The van der Waals surface area contributed by atoms with Crippen LogP contribution in [0.2, 0.25) is 0 Å². The first-order valence-corrected chi connectivity index (χ1v) is 5.12. The normalized spacial score (nSPS) is 11.7. The van der Waals surface area contributed by atoms with Gasteiger partial charge in [-0.2, -0.15) is 0 Å². The highest BCUT2D eigenvalue weighted by Gasteiger charge is 2.03. The average Bonchev–Trinajstić information content (AvgIpc) is 2.25. The van der Waals surface area contributed by atoms with E-state index in [1.165, 1.54) is 12.1 Å².